The molecule has 0 fully saturated rings. The minimum Gasteiger partial charge on any atom is -0.481 e. The number of halogens is 1. The molecule has 2 aromatic rings. The van der Waals surface area contributed by atoms with Crippen LogP contribution in [-0.4, -0.2) is 23.6 Å². The second-order valence-corrected chi connectivity index (χ2v) is 6.28. The van der Waals surface area contributed by atoms with Gasteiger partial charge in [0.15, 0.2) is 0 Å². The van der Waals surface area contributed by atoms with Crippen molar-refractivity contribution in [1.82, 2.24) is 5.32 Å². The van der Waals surface area contributed by atoms with E-state index < -0.39 is 17.8 Å². The van der Waals surface area contributed by atoms with Crippen LogP contribution in [0.2, 0.25) is 0 Å². The minimum absolute atomic E-state index is 0.105. The third-order valence-corrected chi connectivity index (χ3v) is 4.45. The molecule has 0 bridgehead atoms. The lowest BCUT2D eigenvalue weighted by molar-refractivity contribution is -0.137. The Morgan fingerprint density at radius 2 is 1.92 bits per heavy atom. The standard InChI is InChI=1S/C20H20FNO4/c21-15-7-5-14(6-8-15)17(11-20(24)25)22-19(23)12-18-16-4-2-1-3-13(16)9-10-26-18/h1-8,17-18H,9-12H2,(H,22,23)(H,24,25)/t17-,18-/m0/s1. The molecule has 0 saturated heterocycles. The second-order valence-electron chi connectivity index (χ2n) is 6.28. The smallest absolute Gasteiger partial charge is 0.305 e. The molecule has 6 heteroatoms. The third kappa shape index (κ3) is 4.46. The Balaban J connectivity index is 1.70. The van der Waals surface area contributed by atoms with E-state index in [9.17, 15) is 14.0 Å². The molecule has 1 amide bonds. The highest BCUT2D eigenvalue weighted by molar-refractivity contribution is 5.78. The van der Waals surface area contributed by atoms with Gasteiger partial charge in [0.2, 0.25) is 5.91 Å². The maximum atomic E-state index is 13.1. The summed E-state index contributed by atoms with van der Waals surface area (Å²) in [5.41, 5.74) is 2.70. The Bertz CT molecular complexity index is 791. The minimum atomic E-state index is -1.04. The summed E-state index contributed by atoms with van der Waals surface area (Å²) in [6.45, 7) is 0.547. The summed E-state index contributed by atoms with van der Waals surface area (Å²) in [5.74, 6) is -1.76. The molecule has 2 aromatic carbocycles. The van der Waals surface area contributed by atoms with Crippen LogP contribution in [0, 0.1) is 5.82 Å². The molecule has 1 aliphatic heterocycles. The van der Waals surface area contributed by atoms with E-state index >= 15 is 0 Å². The number of carboxylic acids is 1. The number of benzene rings is 2. The highest BCUT2D eigenvalue weighted by atomic mass is 19.1. The molecule has 2 N–H and O–H groups in total. The number of aliphatic carboxylic acids is 1. The van der Waals surface area contributed by atoms with Gasteiger partial charge in [-0.25, -0.2) is 4.39 Å². The van der Waals surface area contributed by atoms with E-state index in [1.807, 2.05) is 24.3 Å². The zero-order chi connectivity index (χ0) is 18.5. The molecule has 0 unspecified atom stereocenters. The van der Waals surface area contributed by atoms with E-state index in [4.69, 9.17) is 9.84 Å². The molecule has 2 atom stereocenters. The van der Waals surface area contributed by atoms with Gasteiger partial charge in [0, 0.05) is 0 Å². The van der Waals surface area contributed by atoms with Crippen LogP contribution in [0.15, 0.2) is 48.5 Å². The Labute approximate surface area is 150 Å². The molecule has 0 radical (unpaired) electrons. The molecule has 1 aliphatic rings. The lowest BCUT2D eigenvalue weighted by atomic mass is 9.95. The summed E-state index contributed by atoms with van der Waals surface area (Å²) in [5, 5.41) is 11.9. The van der Waals surface area contributed by atoms with Crippen molar-refractivity contribution in [2.45, 2.75) is 31.4 Å². The van der Waals surface area contributed by atoms with Crippen LogP contribution < -0.4 is 5.32 Å². The van der Waals surface area contributed by atoms with Crippen molar-refractivity contribution in [1.29, 1.82) is 0 Å². The fraction of sp³-hybridized carbons (Fsp3) is 0.300. The lowest BCUT2D eigenvalue weighted by Crippen LogP contribution is -2.32. The molecule has 0 aliphatic carbocycles. The molecule has 5 nitrogen and oxygen atoms in total. The monoisotopic (exact) mass is 357 g/mol. The summed E-state index contributed by atoms with van der Waals surface area (Å²) < 4.78 is 18.8. The maximum Gasteiger partial charge on any atom is 0.305 e. The van der Waals surface area contributed by atoms with Crippen molar-refractivity contribution in [3.8, 4) is 0 Å². The number of hydrogen-bond donors (Lipinski definition) is 2. The number of rotatable bonds is 6. The average Bonchev–Trinajstić information content (AvgIpc) is 2.62. The highest BCUT2D eigenvalue weighted by Gasteiger charge is 2.25. The van der Waals surface area contributed by atoms with E-state index in [2.05, 4.69) is 5.32 Å². The Kier molecular flexibility index (Phi) is 5.63. The van der Waals surface area contributed by atoms with Gasteiger partial charge in [-0.1, -0.05) is 36.4 Å². The van der Waals surface area contributed by atoms with Gasteiger partial charge < -0.3 is 15.2 Å². The number of carboxylic acid groups (broad SMARTS) is 1. The molecule has 0 aromatic heterocycles. The van der Waals surface area contributed by atoms with Gasteiger partial charge in [-0.15, -0.1) is 0 Å². The van der Waals surface area contributed by atoms with Crippen LogP contribution in [0.5, 0.6) is 0 Å². The number of amides is 1. The lowest BCUT2D eigenvalue weighted by Gasteiger charge is -2.26. The summed E-state index contributed by atoms with van der Waals surface area (Å²) >= 11 is 0. The van der Waals surface area contributed by atoms with Crippen LogP contribution in [0.3, 0.4) is 0 Å². The molecule has 0 spiro atoms. The van der Waals surface area contributed by atoms with E-state index in [0.29, 0.717) is 12.2 Å². The first-order valence-corrected chi connectivity index (χ1v) is 8.49. The van der Waals surface area contributed by atoms with Crippen LogP contribution in [-0.2, 0) is 20.7 Å². The fourth-order valence-electron chi connectivity index (χ4n) is 3.19. The molecule has 1 heterocycles. The van der Waals surface area contributed by atoms with Crippen molar-refractivity contribution in [3.05, 3.63) is 71.0 Å². The first kappa shape index (κ1) is 18.1. The third-order valence-electron chi connectivity index (χ3n) is 4.45. The summed E-state index contributed by atoms with van der Waals surface area (Å²) in [4.78, 5) is 23.6. The van der Waals surface area contributed by atoms with E-state index in [-0.39, 0.29) is 24.9 Å². The zero-order valence-electron chi connectivity index (χ0n) is 14.2. The maximum absolute atomic E-state index is 13.1. The highest BCUT2D eigenvalue weighted by Crippen LogP contribution is 2.29. The van der Waals surface area contributed by atoms with E-state index in [1.54, 1.807) is 0 Å². The molecule has 3 rings (SSSR count). The molecule has 26 heavy (non-hydrogen) atoms. The topological polar surface area (TPSA) is 75.6 Å². The first-order chi connectivity index (χ1) is 12.5. The van der Waals surface area contributed by atoms with Crippen molar-refractivity contribution in [3.63, 3.8) is 0 Å². The summed E-state index contributed by atoms with van der Waals surface area (Å²) in [7, 11) is 0. The summed E-state index contributed by atoms with van der Waals surface area (Å²) in [6.07, 6.45) is 0.290. The molecular formula is C20H20FNO4. The van der Waals surface area contributed by atoms with Crippen molar-refractivity contribution >= 4 is 11.9 Å². The Hall–Kier alpha value is -2.73. The van der Waals surface area contributed by atoms with Crippen LogP contribution >= 0.6 is 0 Å². The fourth-order valence-corrected chi connectivity index (χ4v) is 3.19. The largest absolute Gasteiger partial charge is 0.481 e. The SMILES string of the molecule is O=C(O)C[C@H](NC(=O)C[C@@H]1OCCc2ccccc21)c1ccc(F)cc1. The van der Waals surface area contributed by atoms with E-state index in [1.165, 1.54) is 24.3 Å². The predicted octanol–water partition coefficient (Wildman–Crippen LogP) is 3.16. The van der Waals surface area contributed by atoms with Gasteiger partial charge in [0.25, 0.3) is 0 Å². The van der Waals surface area contributed by atoms with Crippen LogP contribution in [0.4, 0.5) is 4.39 Å². The van der Waals surface area contributed by atoms with Gasteiger partial charge in [0.1, 0.15) is 5.82 Å². The van der Waals surface area contributed by atoms with Crippen LogP contribution in [0.1, 0.15) is 41.7 Å². The van der Waals surface area contributed by atoms with Gasteiger partial charge in [-0.05, 0) is 35.2 Å². The van der Waals surface area contributed by atoms with E-state index in [0.717, 1.165) is 17.5 Å². The predicted molar refractivity (Wildman–Crippen MR) is 93.0 cm³/mol. The van der Waals surface area contributed by atoms with Gasteiger partial charge in [-0.3, -0.25) is 9.59 Å². The van der Waals surface area contributed by atoms with Crippen molar-refractivity contribution in [2.75, 3.05) is 6.61 Å². The number of ether oxygens (including phenoxy) is 1. The Morgan fingerprint density at radius 3 is 2.65 bits per heavy atom. The quantitative estimate of drug-likeness (QED) is 0.833. The number of carbonyl (C=O) groups is 2. The molecule has 0 saturated carbocycles. The number of nitrogens with one attached hydrogen (secondary N) is 1. The second kappa shape index (κ2) is 8.10. The zero-order valence-corrected chi connectivity index (χ0v) is 14.2. The molecule has 136 valence electrons. The molecular weight excluding hydrogens is 337 g/mol. The summed E-state index contributed by atoms with van der Waals surface area (Å²) in [6, 6.07) is 12.6. The Morgan fingerprint density at radius 1 is 1.19 bits per heavy atom. The van der Waals surface area contributed by atoms with Gasteiger partial charge in [-0.2, -0.15) is 0 Å². The number of carbonyl (C=O) groups excluding carboxylic acids is 1. The van der Waals surface area contributed by atoms with Crippen LogP contribution in [0.25, 0.3) is 0 Å². The number of fused-ring (bicyclic) bond motifs is 1. The van der Waals surface area contributed by atoms with Crippen molar-refractivity contribution in [2.24, 2.45) is 0 Å². The normalized spacial score (nSPS) is 17.2. The first-order valence-electron chi connectivity index (χ1n) is 8.49. The average molecular weight is 357 g/mol. The van der Waals surface area contributed by atoms with Gasteiger partial charge in [0.05, 0.1) is 31.6 Å². The van der Waals surface area contributed by atoms with Gasteiger partial charge >= 0.3 is 5.97 Å². The van der Waals surface area contributed by atoms with Crippen molar-refractivity contribution < 1.29 is 23.8 Å². The number of hydrogen-bond acceptors (Lipinski definition) is 3.